The van der Waals surface area contributed by atoms with Crippen molar-refractivity contribution in [3.05, 3.63) is 24.3 Å². The van der Waals surface area contributed by atoms with Crippen molar-refractivity contribution in [1.29, 1.82) is 0 Å². The predicted molar refractivity (Wildman–Crippen MR) is 80.2 cm³/mol. The van der Waals surface area contributed by atoms with Crippen molar-refractivity contribution >= 4 is 11.8 Å². The zero-order valence-corrected chi connectivity index (χ0v) is 12.5. The van der Waals surface area contributed by atoms with E-state index in [4.69, 9.17) is 9.47 Å². The van der Waals surface area contributed by atoms with E-state index in [1.54, 1.807) is 7.11 Å². The molecule has 0 aromatic heterocycles. The van der Waals surface area contributed by atoms with Gasteiger partial charge in [-0.25, -0.2) is 0 Å². The molecule has 2 unspecified atom stereocenters. The molecule has 2 atom stereocenters. The lowest BCUT2D eigenvalue weighted by Crippen LogP contribution is -2.38. The Morgan fingerprint density at radius 3 is 3.16 bits per heavy atom. The van der Waals surface area contributed by atoms with Crippen molar-refractivity contribution in [1.82, 2.24) is 5.32 Å². The minimum atomic E-state index is 0.404. The van der Waals surface area contributed by atoms with E-state index < -0.39 is 0 Å². The van der Waals surface area contributed by atoms with Crippen LogP contribution in [0.25, 0.3) is 0 Å². The van der Waals surface area contributed by atoms with E-state index in [0.29, 0.717) is 12.1 Å². The van der Waals surface area contributed by atoms with E-state index in [9.17, 15) is 0 Å². The third kappa shape index (κ3) is 4.71. The molecule has 4 heteroatoms. The summed E-state index contributed by atoms with van der Waals surface area (Å²) in [5.41, 5.74) is 0. The first-order chi connectivity index (χ1) is 9.29. The molecule has 1 aliphatic rings. The fourth-order valence-electron chi connectivity index (χ4n) is 2.27. The molecule has 2 rings (SSSR count). The zero-order chi connectivity index (χ0) is 13.5. The number of rotatable bonds is 7. The minimum Gasteiger partial charge on any atom is -0.497 e. The van der Waals surface area contributed by atoms with Crippen LogP contribution in [0.2, 0.25) is 0 Å². The molecule has 1 fully saturated rings. The van der Waals surface area contributed by atoms with Crippen molar-refractivity contribution < 1.29 is 9.47 Å². The molecule has 0 spiro atoms. The molecule has 0 amide bonds. The molecule has 1 N–H and O–H groups in total. The van der Waals surface area contributed by atoms with Crippen LogP contribution in [-0.4, -0.2) is 38.2 Å². The van der Waals surface area contributed by atoms with Gasteiger partial charge in [-0.1, -0.05) is 6.07 Å². The molecule has 0 radical (unpaired) electrons. The second kappa shape index (κ2) is 7.78. The van der Waals surface area contributed by atoms with E-state index in [-0.39, 0.29) is 0 Å². The molecule has 0 aliphatic carbocycles. The van der Waals surface area contributed by atoms with E-state index in [1.807, 2.05) is 23.9 Å². The summed E-state index contributed by atoms with van der Waals surface area (Å²) in [6.07, 6.45) is 2.80. The molecule has 1 aliphatic heterocycles. The highest BCUT2D eigenvalue weighted by molar-refractivity contribution is 7.99. The lowest BCUT2D eigenvalue weighted by Gasteiger charge is -2.19. The van der Waals surface area contributed by atoms with Crippen LogP contribution in [0.1, 0.15) is 19.8 Å². The zero-order valence-electron chi connectivity index (χ0n) is 11.7. The summed E-state index contributed by atoms with van der Waals surface area (Å²) < 4.78 is 10.9. The number of hydrogen-bond acceptors (Lipinski definition) is 4. The molecule has 0 bridgehead atoms. The highest BCUT2D eigenvalue weighted by atomic mass is 32.2. The van der Waals surface area contributed by atoms with Gasteiger partial charge in [0.1, 0.15) is 5.75 Å². The van der Waals surface area contributed by atoms with Gasteiger partial charge in [0.15, 0.2) is 0 Å². The standard InChI is InChI=1S/C15H23NO2S/c1-12(15-7-4-9-18-15)16-8-10-19-14-6-3-5-13(11-14)17-2/h3,5-6,11-12,15-16H,4,7-10H2,1-2H3. The van der Waals surface area contributed by atoms with Crippen LogP contribution in [0.15, 0.2) is 29.2 Å². The normalized spacial score (nSPS) is 20.4. The molecule has 1 heterocycles. The van der Waals surface area contributed by atoms with Crippen LogP contribution in [-0.2, 0) is 4.74 Å². The number of thioether (sulfide) groups is 1. The fourth-order valence-corrected chi connectivity index (χ4v) is 3.10. The monoisotopic (exact) mass is 281 g/mol. The number of hydrogen-bond donors (Lipinski definition) is 1. The molecule has 0 saturated carbocycles. The van der Waals surface area contributed by atoms with Gasteiger partial charge in [-0.3, -0.25) is 0 Å². The van der Waals surface area contributed by atoms with Crippen LogP contribution in [0.5, 0.6) is 5.75 Å². The Labute approximate surface area is 120 Å². The van der Waals surface area contributed by atoms with Gasteiger partial charge in [0, 0.05) is 29.8 Å². The van der Waals surface area contributed by atoms with Gasteiger partial charge in [0.05, 0.1) is 13.2 Å². The summed E-state index contributed by atoms with van der Waals surface area (Å²) >= 11 is 1.85. The van der Waals surface area contributed by atoms with E-state index in [1.165, 1.54) is 17.7 Å². The molecular formula is C15H23NO2S. The van der Waals surface area contributed by atoms with Crippen molar-refractivity contribution in [3.63, 3.8) is 0 Å². The predicted octanol–water partition coefficient (Wildman–Crippen LogP) is 2.94. The number of benzene rings is 1. The maximum atomic E-state index is 5.67. The second-order valence-corrected chi connectivity index (χ2v) is 5.99. The molecule has 1 aromatic carbocycles. The Morgan fingerprint density at radius 2 is 2.42 bits per heavy atom. The average Bonchev–Trinajstić information content (AvgIpc) is 2.98. The van der Waals surface area contributed by atoms with Crippen molar-refractivity contribution in [3.8, 4) is 5.75 Å². The first kappa shape index (κ1) is 14.7. The second-order valence-electron chi connectivity index (χ2n) is 4.82. The topological polar surface area (TPSA) is 30.5 Å². The van der Waals surface area contributed by atoms with Crippen molar-refractivity contribution in [2.24, 2.45) is 0 Å². The lowest BCUT2D eigenvalue weighted by atomic mass is 10.1. The maximum Gasteiger partial charge on any atom is 0.119 e. The van der Waals surface area contributed by atoms with Gasteiger partial charge in [0.25, 0.3) is 0 Å². The first-order valence-corrected chi connectivity index (χ1v) is 7.90. The molecule has 1 saturated heterocycles. The van der Waals surface area contributed by atoms with Crippen LogP contribution in [0, 0.1) is 0 Å². The van der Waals surface area contributed by atoms with Crippen LogP contribution in [0.3, 0.4) is 0 Å². The Bertz CT molecular complexity index is 380. The SMILES string of the molecule is COc1cccc(SCCNC(C)C2CCCO2)c1. The third-order valence-electron chi connectivity index (χ3n) is 3.40. The molecule has 1 aromatic rings. The molecule has 3 nitrogen and oxygen atoms in total. The van der Waals surface area contributed by atoms with Gasteiger partial charge in [0.2, 0.25) is 0 Å². The Kier molecular flexibility index (Phi) is 6.01. The van der Waals surface area contributed by atoms with E-state index in [2.05, 4.69) is 24.4 Å². The van der Waals surface area contributed by atoms with E-state index in [0.717, 1.165) is 24.7 Å². The van der Waals surface area contributed by atoms with Crippen LogP contribution in [0.4, 0.5) is 0 Å². The Balaban J connectivity index is 1.65. The third-order valence-corrected chi connectivity index (χ3v) is 4.40. The summed E-state index contributed by atoms with van der Waals surface area (Å²) in [6.45, 7) is 4.14. The molecular weight excluding hydrogens is 258 g/mol. The highest BCUT2D eigenvalue weighted by Gasteiger charge is 2.21. The maximum absolute atomic E-state index is 5.67. The Morgan fingerprint density at radius 1 is 1.53 bits per heavy atom. The summed E-state index contributed by atoms with van der Waals surface area (Å²) in [6, 6.07) is 8.66. The lowest BCUT2D eigenvalue weighted by molar-refractivity contribution is 0.0844. The number of ether oxygens (including phenoxy) is 2. The van der Waals surface area contributed by atoms with E-state index >= 15 is 0 Å². The fraction of sp³-hybridized carbons (Fsp3) is 0.600. The number of methoxy groups -OCH3 is 1. The van der Waals surface area contributed by atoms with Gasteiger partial charge < -0.3 is 14.8 Å². The molecule has 106 valence electrons. The summed E-state index contributed by atoms with van der Waals surface area (Å²) in [5, 5.41) is 3.55. The largest absolute Gasteiger partial charge is 0.497 e. The first-order valence-electron chi connectivity index (χ1n) is 6.91. The highest BCUT2D eigenvalue weighted by Crippen LogP contribution is 2.22. The summed E-state index contributed by atoms with van der Waals surface area (Å²) in [5.74, 6) is 1.98. The number of nitrogens with one attached hydrogen (secondary N) is 1. The minimum absolute atomic E-state index is 0.404. The van der Waals surface area contributed by atoms with Gasteiger partial charge in [-0.15, -0.1) is 11.8 Å². The van der Waals surface area contributed by atoms with Crippen molar-refractivity contribution in [2.45, 2.75) is 36.8 Å². The quantitative estimate of drug-likeness (QED) is 0.615. The van der Waals surface area contributed by atoms with Crippen molar-refractivity contribution in [2.75, 3.05) is 26.0 Å². The van der Waals surface area contributed by atoms with Gasteiger partial charge in [-0.05, 0) is 38.0 Å². The Hall–Kier alpha value is -0.710. The van der Waals surface area contributed by atoms with Crippen LogP contribution < -0.4 is 10.1 Å². The average molecular weight is 281 g/mol. The summed E-state index contributed by atoms with van der Waals surface area (Å²) in [4.78, 5) is 1.26. The summed E-state index contributed by atoms with van der Waals surface area (Å²) in [7, 11) is 1.70. The smallest absolute Gasteiger partial charge is 0.119 e. The van der Waals surface area contributed by atoms with Gasteiger partial charge >= 0.3 is 0 Å². The van der Waals surface area contributed by atoms with Crippen LogP contribution >= 0.6 is 11.8 Å². The van der Waals surface area contributed by atoms with Gasteiger partial charge in [-0.2, -0.15) is 0 Å². The molecule has 19 heavy (non-hydrogen) atoms.